The monoisotopic (exact) mass is 271 g/mol. The first-order valence-electron chi connectivity index (χ1n) is 6.34. The third-order valence-corrected chi connectivity index (χ3v) is 3.79. The molecule has 1 amide bonds. The first-order chi connectivity index (χ1) is 9.28. The molecule has 0 unspecified atom stereocenters. The molecule has 2 nitrogen and oxygen atoms in total. The Morgan fingerprint density at radius 3 is 2.37 bits per heavy atom. The van der Waals surface area contributed by atoms with E-state index in [2.05, 4.69) is 29.6 Å². The highest BCUT2D eigenvalue weighted by atomic mass is 32.2. The van der Waals surface area contributed by atoms with E-state index in [1.54, 1.807) is 0 Å². The quantitative estimate of drug-likeness (QED) is 0.820. The molecule has 0 aliphatic carbocycles. The van der Waals surface area contributed by atoms with Crippen LogP contribution in [0.25, 0.3) is 0 Å². The van der Waals surface area contributed by atoms with Gasteiger partial charge in [0.25, 0.3) is 0 Å². The van der Waals surface area contributed by atoms with Crippen molar-refractivity contribution in [2.75, 3.05) is 5.32 Å². The molecule has 2 aromatic rings. The SMILES string of the molecule is CCC(=O)Nc1ccc(CSc2ccccc2)cc1. The minimum absolute atomic E-state index is 0.0476. The summed E-state index contributed by atoms with van der Waals surface area (Å²) in [4.78, 5) is 12.5. The molecule has 0 spiro atoms. The zero-order valence-electron chi connectivity index (χ0n) is 10.9. The van der Waals surface area contributed by atoms with Crippen LogP contribution in [-0.4, -0.2) is 5.91 Å². The number of hydrogen-bond donors (Lipinski definition) is 1. The Hall–Kier alpha value is -1.74. The summed E-state index contributed by atoms with van der Waals surface area (Å²) in [6, 6.07) is 18.4. The van der Waals surface area contributed by atoms with Crippen molar-refractivity contribution in [3.05, 3.63) is 60.2 Å². The molecule has 1 N–H and O–H groups in total. The number of anilines is 1. The molecule has 19 heavy (non-hydrogen) atoms. The molecule has 0 saturated heterocycles. The summed E-state index contributed by atoms with van der Waals surface area (Å²) in [7, 11) is 0. The van der Waals surface area contributed by atoms with Crippen molar-refractivity contribution < 1.29 is 4.79 Å². The molecule has 0 heterocycles. The van der Waals surface area contributed by atoms with Gasteiger partial charge in [0.15, 0.2) is 0 Å². The van der Waals surface area contributed by atoms with Crippen molar-refractivity contribution in [3.8, 4) is 0 Å². The summed E-state index contributed by atoms with van der Waals surface area (Å²) in [5.74, 6) is 0.984. The van der Waals surface area contributed by atoms with Crippen LogP contribution in [0.15, 0.2) is 59.5 Å². The van der Waals surface area contributed by atoms with Crippen LogP contribution in [0.3, 0.4) is 0 Å². The van der Waals surface area contributed by atoms with Crippen LogP contribution in [0.5, 0.6) is 0 Å². The van der Waals surface area contributed by atoms with Gasteiger partial charge in [-0.05, 0) is 29.8 Å². The maximum absolute atomic E-state index is 11.3. The molecule has 0 bridgehead atoms. The summed E-state index contributed by atoms with van der Waals surface area (Å²) in [6.45, 7) is 1.85. The lowest BCUT2D eigenvalue weighted by Crippen LogP contribution is -2.09. The third-order valence-electron chi connectivity index (χ3n) is 2.71. The van der Waals surface area contributed by atoms with Gasteiger partial charge in [-0.3, -0.25) is 4.79 Å². The lowest BCUT2D eigenvalue weighted by atomic mass is 10.2. The van der Waals surface area contributed by atoms with Crippen molar-refractivity contribution in [3.63, 3.8) is 0 Å². The zero-order chi connectivity index (χ0) is 13.5. The smallest absolute Gasteiger partial charge is 0.224 e. The van der Waals surface area contributed by atoms with Crippen molar-refractivity contribution >= 4 is 23.4 Å². The van der Waals surface area contributed by atoms with Gasteiger partial charge >= 0.3 is 0 Å². The minimum atomic E-state index is 0.0476. The first kappa shape index (κ1) is 13.7. The number of carbonyl (C=O) groups is 1. The van der Waals surface area contributed by atoms with Crippen LogP contribution in [0.1, 0.15) is 18.9 Å². The van der Waals surface area contributed by atoms with Gasteiger partial charge in [0, 0.05) is 22.8 Å². The van der Waals surface area contributed by atoms with Gasteiger partial charge in [-0.2, -0.15) is 0 Å². The first-order valence-corrected chi connectivity index (χ1v) is 7.33. The van der Waals surface area contributed by atoms with Gasteiger partial charge in [0.1, 0.15) is 0 Å². The van der Waals surface area contributed by atoms with Gasteiger partial charge in [-0.15, -0.1) is 11.8 Å². The standard InChI is InChI=1S/C16H17NOS/c1-2-16(18)17-14-10-8-13(9-11-14)12-19-15-6-4-3-5-7-15/h3-11H,2,12H2,1H3,(H,17,18). The largest absolute Gasteiger partial charge is 0.326 e. The number of benzene rings is 2. The van der Waals surface area contributed by atoms with Crippen LogP contribution in [0, 0.1) is 0 Å². The fraction of sp³-hybridized carbons (Fsp3) is 0.188. The summed E-state index contributed by atoms with van der Waals surface area (Å²) < 4.78 is 0. The maximum Gasteiger partial charge on any atom is 0.224 e. The summed E-state index contributed by atoms with van der Waals surface area (Å²) >= 11 is 1.81. The van der Waals surface area contributed by atoms with Crippen molar-refractivity contribution in [1.29, 1.82) is 0 Å². The maximum atomic E-state index is 11.3. The van der Waals surface area contributed by atoms with Crippen LogP contribution in [0.2, 0.25) is 0 Å². The molecule has 0 aliphatic heterocycles. The van der Waals surface area contributed by atoms with E-state index in [0.717, 1.165) is 11.4 Å². The van der Waals surface area contributed by atoms with Crippen LogP contribution in [-0.2, 0) is 10.5 Å². The third kappa shape index (κ3) is 4.45. The Labute approximate surface area is 118 Å². The van der Waals surface area contributed by atoms with Gasteiger partial charge in [0.2, 0.25) is 5.91 Å². The number of thioether (sulfide) groups is 1. The molecule has 2 rings (SSSR count). The summed E-state index contributed by atoms with van der Waals surface area (Å²) in [5, 5.41) is 2.85. The second-order valence-electron chi connectivity index (χ2n) is 4.20. The van der Waals surface area contributed by atoms with Gasteiger partial charge < -0.3 is 5.32 Å². The van der Waals surface area contributed by atoms with Crippen molar-refractivity contribution in [2.24, 2.45) is 0 Å². The zero-order valence-corrected chi connectivity index (χ0v) is 11.7. The summed E-state index contributed by atoms with van der Waals surface area (Å²) in [6.07, 6.45) is 0.506. The molecular weight excluding hydrogens is 254 g/mol. The van der Waals surface area contributed by atoms with E-state index in [9.17, 15) is 4.79 Å². The van der Waals surface area contributed by atoms with Gasteiger partial charge in [-0.1, -0.05) is 37.3 Å². The van der Waals surface area contributed by atoms with E-state index < -0.39 is 0 Å². The normalized spacial score (nSPS) is 10.2. The molecule has 0 radical (unpaired) electrons. The van der Waals surface area contributed by atoms with E-state index >= 15 is 0 Å². The Bertz CT molecular complexity index is 522. The number of amides is 1. The lowest BCUT2D eigenvalue weighted by Gasteiger charge is -2.05. The van der Waals surface area contributed by atoms with Crippen LogP contribution in [0.4, 0.5) is 5.69 Å². The van der Waals surface area contributed by atoms with Crippen molar-refractivity contribution in [1.82, 2.24) is 0 Å². The predicted molar refractivity (Wildman–Crippen MR) is 81.4 cm³/mol. The van der Waals surface area contributed by atoms with Gasteiger partial charge in [0.05, 0.1) is 0 Å². The van der Waals surface area contributed by atoms with Crippen LogP contribution < -0.4 is 5.32 Å². The average molecular weight is 271 g/mol. The predicted octanol–water partition coefficient (Wildman–Crippen LogP) is 4.33. The highest BCUT2D eigenvalue weighted by molar-refractivity contribution is 7.98. The number of rotatable bonds is 5. The van der Waals surface area contributed by atoms with E-state index in [4.69, 9.17) is 0 Å². The number of nitrogens with one attached hydrogen (secondary N) is 1. The Kier molecular flexibility index (Phi) is 5.04. The molecule has 2 aromatic carbocycles. The van der Waals surface area contributed by atoms with Gasteiger partial charge in [-0.25, -0.2) is 0 Å². The molecule has 98 valence electrons. The topological polar surface area (TPSA) is 29.1 Å². The van der Waals surface area contributed by atoms with Crippen LogP contribution >= 0.6 is 11.8 Å². The van der Waals surface area contributed by atoms with E-state index in [0.29, 0.717) is 6.42 Å². The Morgan fingerprint density at radius 1 is 1.05 bits per heavy atom. The second kappa shape index (κ2) is 7.00. The fourth-order valence-electron chi connectivity index (χ4n) is 1.62. The average Bonchev–Trinajstić information content (AvgIpc) is 2.47. The van der Waals surface area contributed by atoms with E-state index in [1.165, 1.54) is 10.5 Å². The molecule has 0 atom stereocenters. The number of hydrogen-bond acceptors (Lipinski definition) is 2. The summed E-state index contributed by atoms with van der Waals surface area (Å²) in [5.41, 5.74) is 2.11. The second-order valence-corrected chi connectivity index (χ2v) is 5.25. The molecule has 0 saturated carbocycles. The molecule has 3 heteroatoms. The minimum Gasteiger partial charge on any atom is -0.326 e. The molecule has 0 aliphatic rings. The van der Waals surface area contributed by atoms with E-state index in [1.807, 2.05) is 49.0 Å². The Balaban J connectivity index is 1.90. The molecule has 0 fully saturated rings. The molecule has 0 aromatic heterocycles. The fourth-order valence-corrected chi connectivity index (χ4v) is 2.49. The lowest BCUT2D eigenvalue weighted by molar-refractivity contribution is -0.115. The highest BCUT2D eigenvalue weighted by Crippen LogP contribution is 2.23. The van der Waals surface area contributed by atoms with Crippen molar-refractivity contribution in [2.45, 2.75) is 24.0 Å². The molecular formula is C16H17NOS. The number of carbonyl (C=O) groups excluding carboxylic acids is 1. The highest BCUT2D eigenvalue weighted by Gasteiger charge is 2.00. The Morgan fingerprint density at radius 2 is 1.74 bits per heavy atom. The van der Waals surface area contributed by atoms with E-state index in [-0.39, 0.29) is 5.91 Å².